The van der Waals surface area contributed by atoms with Gasteiger partial charge in [-0.25, -0.2) is 13.2 Å². The number of esters is 1. The molecule has 0 aliphatic carbocycles. The summed E-state index contributed by atoms with van der Waals surface area (Å²) in [6.07, 6.45) is 0.702. The van der Waals surface area contributed by atoms with Gasteiger partial charge in [0.25, 0.3) is 10.0 Å². The fourth-order valence-electron chi connectivity index (χ4n) is 3.06. The number of rotatable bonds is 6. The second-order valence-electron chi connectivity index (χ2n) is 6.11. The number of anilines is 1. The smallest absolute Gasteiger partial charge is 0.341 e. The van der Waals surface area contributed by atoms with Gasteiger partial charge in [-0.3, -0.25) is 4.31 Å². The van der Waals surface area contributed by atoms with Crippen molar-refractivity contribution in [2.24, 2.45) is 7.05 Å². The summed E-state index contributed by atoms with van der Waals surface area (Å²) in [7, 11) is -0.682. The van der Waals surface area contributed by atoms with E-state index in [4.69, 9.17) is 4.74 Å². The van der Waals surface area contributed by atoms with E-state index in [1.165, 1.54) is 11.4 Å². The number of nitrogens with zero attached hydrogens (tertiary/aromatic N) is 2. The molecule has 1 heterocycles. The van der Waals surface area contributed by atoms with Crippen molar-refractivity contribution in [1.82, 2.24) is 4.57 Å². The van der Waals surface area contributed by atoms with Crippen molar-refractivity contribution in [2.75, 3.05) is 18.0 Å². The third-order valence-corrected chi connectivity index (χ3v) is 6.67. The van der Waals surface area contributed by atoms with Crippen molar-refractivity contribution in [3.8, 4) is 0 Å². The topological polar surface area (TPSA) is 68.6 Å². The first kappa shape index (κ1) is 20.0. The number of sulfonamides is 1. The van der Waals surface area contributed by atoms with Crippen LogP contribution in [0.2, 0.25) is 0 Å². The van der Waals surface area contributed by atoms with E-state index >= 15 is 0 Å². The molecule has 7 heteroatoms. The van der Waals surface area contributed by atoms with Crippen molar-refractivity contribution in [2.45, 2.75) is 39.0 Å². The third kappa shape index (κ3) is 3.23. The second-order valence-corrected chi connectivity index (χ2v) is 8.02. The largest absolute Gasteiger partial charge is 0.462 e. The summed E-state index contributed by atoms with van der Waals surface area (Å²) in [5, 5.41) is 0. The highest BCUT2D eigenvalue weighted by atomic mass is 32.2. The lowest BCUT2D eigenvalue weighted by molar-refractivity contribution is 0.0521. The van der Waals surface area contributed by atoms with E-state index in [2.05, 4.69) is 0 Å². The van der Waals surface area contributed by atoms with E-state index in [0.29, 0.717) is 23.5 Å². The van der Waals surface area contributed by atoms with Crippen LogP contribution in [0.25, 0.3) is 0 Å². The second kappa shape index (κ2) is 7.53. The molecular formula is C19H26N2O4S. The molecule has 2 rings (SSSR count). The van der Waals surface area contributed by atoms with Gasteiger partial charge in [0.1, 0.15) is 10.5 Å². The van der Waals surface area contributed by atoms with Crippen LogP contribution >= 0.6 is 0 Å². The lowest BCUT2D eigenvalue weighted by atomic mass is 10.1. The molecule has 0 fully saturated rings. The van der Waals surface area contributed by atoms with Crippen molar-refractivity contribution in [1.29, 1.82) is 0 Å². The van der Waals surface area contributed by atoms with E-state index in [1.807, 2.05) is 19.1 Å². The lowest BCUT2D eigenvalue weighted by Gasteiger charge is -2.22. The van der Waals surface area contributed by atoms with Crippen molar-refractivity contribution in [3.63, 3.8) is 0 Å². The highest BCUT2D eigenvalue weighted by Crippen LogP contribution is 2.32. The Morgan fingerprint density at radius 2 is 1.77 bits per heavy atom. The maximum atomic E-state index is 13.4. The highest BCUT2D eigenvalue weighted by Gasteiger charge is 2.34. The van der Waals surface area contributed by atoms with Crippen LogP contribution in [0.5, 0.6) is 0 Å². The quantitative estimate of drug-likeness (QED) is 0.724. The number of para-hydroxylation sites is 1. The van der Waals surface area contributed by atoms with Gasteiger partial charge in [0.2, 0.25) is 0 Å². The number of aryl methyl sites for hydroxylation is 1. The average molecular weight is 378 g/mol. The fraction of sp³-hybridized carbons (Fsp3) is 0.421. The van der Waals surface area contributed by atoms with Crippen LogP contribution < -0.4 is 4.31 Å². The average Bonchev–Trinajstić information content (AvgIpc) is 2.85. The Kier molecular flexibility index (Phi) is 5.81. The minimum Gasteiger partial charge on any atom is -0.462 e. The van der Waals surface area contributed by atoms with Gasteiger partial charge in [0, 0.05) is 25.5 Å². The highest BCUT2D eigenvalue weighted by molar-refractivity contribution is 7.93. The normalized spacial score (nSPS) is 11.5. The van der Waals surface area contributed by atoms with E-state index in [9.17, 15) is 13.2 Å². The number of carbonyl (C=O) groups is 1. The fourth-order valence-corrected chi connectivity index (χ4v) is 4.77. The van der Waals surface area contributed by atoms with E-state index in [1.54, 1.807) is 44.5 Å². The zero-order chi connectivity index (χ0) is 19.6. The van der Waals surface area contributed by atoms with Gasteiger partial charge in [-0.15, -0.1) is 0 Å². The van der Waals surface area contributed by atoms with Gasteiger partial charge in [-0.1, -0.05) is 25.1 Å². The summed E-state index contributed by atoms with van der Waals surface area (Å²) in [4.78, 5) is 12.5. The molecule has 2 aromatic rings. The summed E-state index contributed by atoms with van der Waals surface area (Å²) in [5.41, 5.74) is 2.70. The molecule has 142 valence electrons. The monoisotopic (exact) mass is 378 g/mol. The summed E-state index contributed by atoms with van der Waals surface area (Å²) in [6.45, 7) is 7.27. The van der Waals surface area contributed by atoms with Crippen LogP contribution in [0.15, 0.2) is 29.2 Å². The molecular weight excluding hydrogens is 352 g/mol. The summed E-state index contributed by atoms with van der Waals surface area (Å²) in [5.74, 6) is -0.621. The van der Waals surface area contributed by atoms with Crippen LogP contribution in [0.3, 0.4) is 0 Å². The predicted molar refractivity (Wildman–Crippen MR) is 102 cm³/mol. The molecule has 0 saturated heterocycles. The molecule has 0 unspecified atom stereocenters. The Morgan fingerprint density at radius 1 is 1.15 bits per heavy atom. The summed E-state index contributed by atoms with van der Waals surface area (Å²) < 4.78 is 34.9. The minimum atomic E-state index is -3.94. The lowest BCUT2D eigenvalue weighted by Crippen LogP contribution is -2.29. The van der Waals surface area contributed by atoms with Crippen molar-refractivity contribution < 1.29 is 17.9 Å². The molecule has 0 aliphatic heterocycles. The SMILES string of the molecule is CCOC(=O)c1c(S(=O)(=O)N(C)c2ccccc2CC)c(C)n(C)c1C. The maximum Gasteiger partial charge on any atom is 0.341 e. The summed E-state index contributed by atoms with van der Waals surface area (Å²) >= 11 is 0. The van der Waals surface area contributed by atoms with Crippen LogP contribution in [0.1, 0.15) is 41.2 Å². The van der Waals surface area contributed by atoms with Crippen molar-refractivity contribution >= 4 is 21.7 Å². The molecule has 1 aromatic heterocycles. The Labute approximate surface area is 155 Å². The van der Waals surface area contributed by atoms with Gasteiger partial charge in [-0.05, 0) is 38.8 Å². The number of hydrogen-bond donors (Lipinski definition) is 0. The van der Waals surface area contributed by atoms with Gasteiger partial charge in [0.05, 0.1) is 12.3 Å². The summed E-state index contributed by atoms with van der Waals surface area (Å²) in [6, 6.07) is 7.35. The van der Waals surface area contributed by atoms with E-state index in [-0.39, 0.29) is 17.1 Å². The van der Waals surface area contributed by atoms with Crippen LogP contribution in [0, 0.1) is 13.8 Å². The van der Waals surface area contributed by atoms with E-state index < -0.39 is 16.0 Å². The van der Waals surface area contributed by atoms with Gasteiger partial charge < -0.3 is 9.30 Å². The number of aromatic nitrogens is 1. The zero-order valence-corrected chi connectivity index (χ0v) is 17.0. The number of ether oxygens (including phenoxy) is 1. The first-order chi connectivity index (χ1) is 12.2. The first-order valence-corrected chi connectivity index (χ1v) is 10.0. The Bertz CT molecular complexity index is 929. The molecule has 0 bridgehead atoms. The van der Waals surface area contributed by atoms with Crippen molar-refractivity contribution in [3.05, 3.63) is 46.8 Å². The Hall–Kier alpha value is -2.28. The number of carbonyl (C=O) groups excluding carboxylic acids is 1. The predicted octanol–water partition coefficient (Wildman–Crippen LogP) is 3.21. The van der Waals surface area contributed by atoms with E-state index in [0.717, 1.165) is 5.56 Å². The Morgan fingerprint density at radius 3 is 2.35 bits per heavy atom. The zero-order valence-electron chi connectivity index (χ0n) is 16.2. The van der Waals surface area contributed by atoms with Gasteiger partial charge in [0.15, 0.2) is 0 Å². The standard InChI is InChI=1S/C19H26N2O4S/c1-7-15-11-9-10-12-16(15)21(6)26(23,24)18-14(4)20(5)13(3)17(18)19(22)25-8-2/h9-12H,7-8H2,1-6H3. The molecule has 0 N–H and O–H groups in total. The maximum absolute atomic E-state index is 13.4. The van der Waals surface area contributed by atoms with Gasteiger partial charge >= 0.3 is 5.97 Å². The molecule has 1 aromatic carbocycles. The molecule has 0 radical (unpaired) electrons. The molecule has 0 atom stereocenters. The minimum absolute atomic E-state index is 0.00403. The Balaban J connectivity index is 2.70. The molecule has 0 amide bonds. The molecule has 26 heavy (non-hydrogen) atoms. The number of hydrogen-bond acceptors (Lipinski definition) is 4. The molecule has 0 saturated carbocycles. The third-order valence-electron chi connectivity index (χ3n) is 4.73. The first-order valence-electron chi connectivity index (χ1n) is 8.58. The van der Waals surface area contributed by atoms with Crippen LogP contribution in [-0.4, -0.2) is 32.6 Å². The molecule has 6 nitrogen and oxygen atoms in total. The van der Waals surface area contributed by atoms with Gasteiger partial charge in [-0.2, -0.15) is 0 Å². The number of benzene rings is 1. The van der Waals surface area contributed by atoms with Crippen LogP contribution in [-0.2, 0) is 28.2 Å². The molecule has 0 aliphatic rings. The van der Waals surface area contributed by atoms with Crippen LogP contribution in [0.4, 0.5) is 5.69 Å². The molecule has 0 spiro atoms.